The highest BCUT2D eigenvalue weighted by molar-refractivity contribution is 6.26. The molecular formula is C23H17NO3. The molecule has 0 saturated heterocycles. The van der Waals surface area contributed by atoms with E-state index in [1.54, 1.807) is 36.4 Å². The van der Waals surface area contributed by atoms with Gasteiger partial charge in [-0.15, -0.1) is 0 Å². The Morgan fingerprint density at radius 3 is 2.30 bits per heavy atom. The molecule has 2 N–H and O–H groups in total. The summed E-state index contributed by atoms with van der Waals surface area (Å²) in [6.07, 6.45) is 0.0979. The van der Waals surface area contributed by atoms with E-state index in [1.165, 1.54) is 6.92 Å². The van der Waals surface area contributed by atoms with Gasteiger partial charge >= 0.3 is 0 Å². The van der Waals surface area contributed by atoms with Crippen molar-refractivity contribution < 1.29 is 14.4 Å². The number of carbonyl (C=O) groups excluding carboxylic acids is 3. The van der Waals surface area contributed by atoms with Crippen LogP contribution in [0.2, 0.25) is 0 Å². The maximum Gasteiger partial charge on any atom is 0.195 e. The van der Waals surface area contributed by atoms with Crippen LogP contribution in [0, 0.1) is 0 Å². The molecule has 0 spiro atoms. The Morgan fingerprint density at radius 2 is 1.56 bits per heavy atom. The number of nitrogens with two attached hydrogens (primary N) is 1. The molecule has 0 unspecified atom stereocenters. The highest BCUT2D eigenvalue weighted by Gasteiger charge is 2.30. The standard InChI is InChI=1S/C23H17NO3/c1-13(25)19-11-14(9-10-20(19)24)12-21(26)18-8-4-7-16-15-5-2-3-6-17(15)23(27)22(16)18/h2-11H,12,24H2,1H3. The molecule has 0 radical (unpaired) electrons. The summed E-state index contributed by atoms with van der Waals surface area (Å²) in [5, 5.41) is 0. The van der Waals surface area contributed by atoms with Crippen LogP contribution in [0.1, 0.15) is 49.1 Å². The van der Waals surface area contributed by atoms with Crippen LogP contribution in [0.15, 0.2) is 60.7 Å². The summed E-state index contributed by atoms with van der Waals surface area (Å²) in [6, 6.07) is 17.8. The number of hydrogen-bond acceptors (Lipinski definition) is 4. The number of anilines is 1. The van der Waals surface area contributed by atoms with Gasteiger partial charge in [-0.05, 0) is 35.7 Å². The first-order valence-electron chi connectivity index (χ1n) is 8.67. The van der Waals surface area contributed by atoms with Crippen molar-refractivity contribution in [3.8, 4) is 11.1 Å². The zero-order chi connectivity index (χ0) is 19.1. The summed E-state index contributed by atoms with van der Waals surface area (Å²) in [6.45, 7) is 1.44. The summed E-state index contributed by atoms with van der Waals surface area (Å²) in [5.74, 6) is -0.424. The Hall–Kier alpha value is -3.53. The van der Waals surface area contributed by atoms with E-state index in [9.17, 15) is 14.4 Å². The predicted molar refractivity (Wildman–Crippen MR) is 104 cm³/mol. The minimum absolute atomic E-state index is 0.0979. The molecule has 0 amide bonds. The van der Waals surface area contributed by atoms with E-state index in [-0.39, 0.29) is 23.8 Å². The van der Waals surface area contributed by atoms with E-state index >= 15 is 0 Å². The molecule has 0 heterocycles. The summed E-state index contributed by atoms with van der Waals surface area (Å²) in [4.78, 5) is 37.5. The van der Waals surface area contributed by atoms with Crippen molar-refractivity contribution in [1.82, 2.24) is 0 Å². The van der Waals surface area contributed by atoms with Crippen molar-refractivity contribution in [2.45, 2.75) is 13.3 Å². The van der Waals surface area contributed by atoms with Gasteiger partial charge < -0.3 is 5.73 Å². The third kappa shape index (κ3) is 2.75. The van der Waals surface area contributed by atoms with Gasteiger partial charge in [-0.25, -0.2) is 0 Å². The van der Waals surface area contributed by atoms with Crippen molar-refractivity contribution in [1.29, 1.82) is 0 Å². The molecule has 132 valence electrons. The number of benzene rings is 3. The van der Waals surface area contributed by atoms with Crippen LogP contribution in [-0.4, -0.2) is 17.3 Å². The lowest BCUT2D eigenvalue weighted by molar-refractivity contribution is 0.0976. The summed E-state index contributed by atoms with van der Waals surface area (Å²) in [5.41, 5.74) is 10.5. The van der Waals surface area contributed by atoms with Gasteiger partial charge in [0.15, 0.2) is 17.3 Å². The molecule has 4 rings (SSSR count). The lowest BCUT2D eigenvalue weighted by Gasteiger charge is -2.09. The molecule has 0 fully saturated rings. The fraction of sp³-hybridized carbons (Fsp3) is 0.0870. The minimum Gasteiger partial charge on any atom is -0.398 e. The molecular weight excluding hydrogens is 338 g/mol. The minimum atomic E-state index is -0.160. The van der Waals surface area contributed by atoms with Gasteiger partial charge in [0, 0.05) is 34.4 Å². The predicted octanol–water partition coefficient (Wildman–Crippen LogP) is 4.11. The fourth-order valence-corrected chi connectivity index (χ4v) is 3.60. The van der Waals surface area contributed by atoms with E-state index in [2.05, 4.69) is 0 Å². The largest absolute Gasteiger partial charge is 0.398 e. The van der Waals surface area contributed by atoms with Crippen molar-refractivity contribution in [2.24, 2.45) is 0 Å². The Kier molecular flexibility index (Phi) is 3.96. The molecule has 3 aromatic carbocycles. The average Bonchev–Trinajstić information content (AvgIpc) is 2.96. The van der Waals surface area contributed by atoms with Crippen molar-refractivity contribution >= 4 is 23.0 Å². The normalized spacial score (nSPS) is 11.8. The van der Waals surface area contributed by atoms with Gasteiger partial charge in [0.25, 0.3) is 0 Å². The van der Waals surface area contributed by atoms with E-state index in [4.69, 9.17) is 5.73 Å². The first kappa shape index (κ1) is 16.9. The zero-order valence-electron chi connectivity index (χ0n) is 14.8. The van der Waals surface area contributed by atoms with Crippen molar-refractivity contribution in [3.05, 3.63) is 88.5 Å². The first-order valence-corrected chi connectivity index (χ1v) is 8.67. The summed E-state index contributed by atoms with van der Waals surface area (Å²) >= 11 is 0. The monoisotopic (exact) mass is 355 g/mol. The van der Waals surface area contributed by atoms with E-state index < -0.39 is 0 Å². The highest BCUT2D eigenvalue weighted by Crippen LogP contribution is 2.38. The van der Waals surface area contributed by atoms with E-state index in [1.807, 2.05) is 24.3 Å². The van der Waals surface area contributed by atoms with Gasteiger partial charge in [0.2, 0.25) is 0 Å². The number of Topliss-reactive ketones (excluding diaryl/α,β-unsaturated/α-hetero) is 2. The molecule has 1 aliphatic rings. The Labute approximate surface area is 156 Å². The van der Waals surface area contributed by atoms with Crippen LogP contribution < -0.4 is 5.73 Å². The van der Waals surface area contributed by atoms with Crippen LogP contribution in [0.5, 0.6) is 0 Å². The van der Waals surface area contributed by atoms with Crippen LogP contribution in [0.25, 0.3) is 11.1 Å². The molecule has 4 nitrogen and oxygen atoms in total. The second kappa shape index (κ2) is 6.32. The number of carbonyl (C=O) groups is 3. The molecule has 0 bridgehead atoms. The lowest BCUT2D eigenvalue weighted by atomic mass is 9.94. The number of ketones is 3. The maximum absolute atomic E-state index is 13.0. The van der Waals surface area contributed by atoms with Gasteiger partial charge in [-0.2, -0.15) is 0 Å². The number of hydrogen-bond donors (Lipinski definition) is 1. The number of nitrogen functional groups attached to an aromatic ring is 1. The third-order valence-corrected chi connectivity index (χ3v) is 4.92. The maximum atomic E-state index is 13.0. The second-order valence-corrected chi connectivity index (χ2v) is 6.68. The van der Waals surface area contributed by atoms with Gasteiger partial charge in [-0.1, -0.05) is 48.5 Å². The van der Waals surface area contributed by atoms with Crippen molar-refractivity contribution in [3.63, 3.8) is 0 Å². The number of rotatable bonds is 4. The molecule has 0 saturated carbocycles. The Balaban J connectivity index is 1.72. The SMILES string of the molecule is CC(=O)c1cc(CC(=O)c2cccc3c2C(=O)c2ccccc2-3)ccc1N. The molecule has 0 aliphatic heterocycles. The highest BCUT2D eigenvalue weighted by atomic mass is 16.1. The molecule has 0 aromatic heterocycles. The molecule has 0 atom stereocenters. The molecule has 1 aliphatic carbocycles. The zero-order valence-corrected chi connectivity index (χ0v) is 14.8. The Morgan fingerprint density at radius 1 is 0.852 bits per heavy atom. The number of fused-ring (bicyclic) bond motifs is 3. The van der Waals surface area contributed by atoms with E-state index in [0.717, 1.165) is 11.1 Å². The van der Waals surface area contributed by atoms with Crippen LogP contribution in [0.4, 0.5) is 5.69 Å². The summed E-state index contributed by atoms with van der Waals surface area (Å²) in [7, 11) is 0. The fourth-order valence-electron chi connectivity index (χ4n) is 3.60. The van der Waals surface area contributed by atoms with Crippen molar-refractivity contribution in [2.75, 3.05) is 5.73 Å². The Bertz CT molecular complexity index is 1130. The van der Waals surface area contributed by atoms with Gasteiger partial charge in [-0.3, -0.25) is 14.4 Å². The molecule has 3 aromatic rings. The smallest absolute Gasteiger partial charge is 0.195 e. The third-order valence-electron chi connectivity index (χ3n) is 4.92. The van der Waals surface area contributed by atoms with Crippen LogP contribution >= 0.6 is 0 Å². The topological polar surface area (TPSA) is 77.2 Å². The van der Waals surface area contributed by atoms with Gasteiger partial charge in [0.1, 0.15) is 0 Å². The van der Waals surface area contributed by atoms with Crippen LogP contribution in [0.3, 0.4) is 0 Å². The average molecular weight is 355 g/mol. The summed E-state index contributed by atoms with van der Waals surface area (Å²) < 4.78 is 0. The van der Waals surface area contributed by atoms with E-state index in [0.29, 0.717) is 33.5 Å². The first-order chi connectivity index (χ1) is 13.0. The van der Waals surface area contributed by atoms with Crippen LogP contribution in [-0.2, 0) is 6.42 Å². The quantitative estimate of drug-likeness (QED) is 0.441. The van der Waals surface area contributed by atoms with Gasteiger partial charge in [0.05, 0.1) is 0 Å². The molecule has 4 heteroatoms. The lowest BCUT2D eigenvalue weighted by Crippen LogP contribution is -2.11. The second-order valence-electron chi connectivity index (χ2n) is 6.68. The molecule has 27 heavy (non-hydrogen) atoms.